The summed E-state index contributed by atoms with van der Waals surface area (Å²) in [6, 6.07) is 14.4. The minimum Gasteiger partial charge on any atom is -0.508 e. The van der Waals surface area contributed by atoms with Gasteiger partial charge in [0.1, 0.15) is 5.75 Å². The number of halogens is 1. The Labute approximate surface area is 117 Å². The normalized spacial score (nSPS) is 12.3. The molecule has 2 aromatic carbocycles. The van der Waals surface area contributed by atoms with Gasteiger partial charge in [0, 0.05) is 23.7 Å². The summed E-state index contributed by atoms with van der Waals surface area (Å²) in [5.74, 6) is 0.161. The molecule has 0 aliphatic heterocycles. The Kier molecular flexibility index (Phi) is 4.80. The number of aromatic hydroxyl groups is 1. The van der Waals surface area contributed by atoms with Crippen molar-refractivity contribution in [2.24, 2.45) is 0 Å². The fourth-order valence-corrected chi connectivity index (χ4v) is 2.09. The van der Waals surface area contributed by atoms with E-state index in [2.05, 4.69) is 5.32 Å². The van der Waals surface area contributed by atoms with E-state index in [0.717, 1.165) is 5.56 Å². The summed E-state index contributed by atoms with van der Waals surface area (Å²) in [6.45, 7) is 0.810. The van der Waals surface area contributed by atoms with Crippen LogP contribution >= 0.6 is 11.6 Å². The molecule has 0 aliphatic rings. The van der Waals surface area contributed by atoms with Gasteiger partial charge in [-0.1, -0.05) is 48.0 Å². The number of hydrogen-bond acceptors (Lipinski definition) is 3. The quantitative estimate of drug-likeness (QED) is 0.788. The Balaban J connectivity index is 1.90. The summed E-state index contributed by atoms with van der Waals surface area (Å²) in [5.41, 5.74) is 1.50. The van der Waals surface area contributed by atoms with Crippen LogP contribution in [0.2, 0.25) is 5.02 Å². The number of hydrogen-bond donors (Lipinski definition) is 3. The number of phenols is 1. The van der Waals surface area contributed by atoms with Gasteiger partial charge in [-0.05, 0) is 17.7 Å². The Hall–Kier alpha value is -1.55. The highest BCUT2D eigenvalue weighted by Crippen LogP contribution is 2.24. The summed E-state index contributed by atoms with van der Waals surface area (Å²) in [6.07, 6.45) is -0.578. The molecule has 0 radical (unpaired) electrons. The van der Waals surface area contributed by atoms with E-state index < -0.39 is 6.10 Å². The molecule has 1 unspecified atom stereocenters. The van der Waals surface area contributed by atoms with Gasteiger partial charge in [0.25, 0.3) is 0 Å². The molecule has 0 aliphatic carbocycles. The molecule has 2 aromatic rings. The van der Waals surface area contributed by atoms with Crippen molar-refractivity contribution < 1.29 is 10.2 Å². The molecule has 4 heteroatoms. The lowest BCUT2D eigenvalue weighted by atomic mass is 10.1. The molecule has 0 amide bonds. The second-order valence-corrected chi connectivity index (χ2v) is 4.70. The van der Waals surface area contributed by atoms with Gasteiger partial charge >= 0.3 is 0 Å². The Bertz CT molecular complexity index is 511. The highest BCUT2D eigenvalue weighted by molar-refractivity contribution is 6.31. The molecule has 0 bridgehead atoms. The summed E-state index contributed by atoms with van der Waals surface area (Å²) in [5, 5.41) is 23.3. The third-order valence-corrected chi connectivity index (χ3v) is 3.27. The van der Waals surface area contributed by atoms with E-state index in [9.17, 15) is 10.2 Å². The average molecular weight is 278 g/mol. The van der Waals surface area contributed by atoms with E-state index in [-0.39, 0.29) is 5.75 Å². The number of aliphatic hydroxyl groups is 1. The molecule has 0 fully saturated rings. The Morgan fingerprint density at radius 3 is 2.47 bits per heavy atom. The Morgan fingerprint density at radius 2 is 1.79 bits per heavy atom. The molecule has 0 spiro atoms. The summed E-state index contributed by atoms with van der Waals surface area (Å²) in [4.78, 5) is 0. The summed E-state index contributed by atoms with van der Waals surface area (Å²) >= 11 is 6.00. The maximum absolute atomic E-state index is 9.98. The van der Waals surface area contributed by atoms with Gasteiger partial charge in [0.15, 0.2) is 0 Å². The second kappa shape index (κ2) is 6.57. The van der Waals surface area contributed by atoms with Gasteiger partial charge in [-0.2, -0.15) is 0 Å². The molecule has 3 N–H and O–H groups in total. The molecule has 0 heterocycles. The monoisotopic (exact) mass is 277 g/mol. The van der Waals surface area contributed by atoms with Gasteiger partial charge in [-0.15, -0.1) is 0 Å². The summed E-state index contributed by atoms with van der Waals surface area (Å²) in [7, 11) is 0. The van der Waals surface area contributed by atoms with Crippen LogP contribution in [0.4, 0.5) is 0 Å². The fourth-order valence-electron chi connectivity index (χ4n) is 1.85. The maximum Gasteiger partial charge on any atom is 0.121 e. The van der Waals surface area contributed by atoms with Crippen molar-refractivity contribution in [1.82, 2.24) is 5.32 Å². The highest BCUT2D eigenvalue weighted by atomic mass is 35.5. The van der Waals surface area contributed by atoms with Gasteiger partial charge in [0.2, 0.25) is 0 Å². The van der Waals surface area contributed by atoms with Crippen LogP contribution in [-0.2, 0) is 6.54 Å². The van der Waals surface area contributed by atoms with Gasteiger partial charge in [-0.3, -0.25) is 0 Å². The molecule has 2 rings (SSSR count). The minimum atomic E-state index is -0.578. The predicted octanol–water partition coefficient (Wildman–Crippen LogP) is 2.87. The first-order valence-corrected chi connectivity index (χ1v) is 6.46. The number of nitrogens with one attached hydrogen (secondary N) is 1. The van der Waals surface area contributed by atoms with Crippen LogP contribution in [0.25, 0.3) is 0 Å². The molecule has 3 nitrogen and oxygen atoms in total. The zero-order chi connectivity index (χ0) is 13.7. The molecule has 100 valence electrons. The molecule has 1 atom stereocenters. The summed E-state index contributed by atoms with van der Waals surface area (Å²) < 4.78 is 0. The van der Waals surface area contributed by atoms with Crippen LogP contribution in [0.15, 0.2) is 48.5 Å². The molecule has 0 saturated heterocycles. The third kappa shape index (κ3) is 3.70. The van der Waals surface area contributed by atoms with Crippen LogP contribution < -0.4 is 5.32 Å². The maximum atomic E-state index is 9.98. The van der Waals surface area contributed by atoms with Crippen LogP contribution in [0.5, 0.6) is 5.75 Å². The number of benzene rings is 2. The second-order valence-electron chi connectivity index (χ2n) is 4.29. The van der Waals surface area contributed by atoms with Crippen molar-refractivity contribution in [3.8, 4) is 5.75 Å². The van der Waals surface area contributed by atoms with E-state index in [1.54, 1.807) is 18.2 Å². The molecular formula is C15H16ClNO2. The Morgan fingerprint density at radius 1 is 1.05 bits per heavy atom. The molecule has 19 heavy (non-hydrogen) atoms. The van der Waals surface area contributed by atoms with Crippen molar-refractivity contribution in [1.29, 1.82) is 0 Å². The minimum absolute atomic E-state index is 0.161. The highest BCUT2D eigenvalue weighted by Gasteiger charge is 2.09. The lowest BCUT2D eigenvalue weighted by Crippen LogP contribution is -2.21. The first-order valence-electron chi connectivity index (χ1n) is 6.08. The predicted molar refractivity (Wildman–Crippen MR) is 76.2 cm³/mol. The van der Waals surface area contributed by atoms with Crippen molar-refractivity contribution in [3.05, 3.63) is 64.7 Å². The standard InChI is InChI=1S/C15H16ClNO2/c16-13-7-4-8-14(18)12(13)9-17-10-15(19)11-5-2-1-3-6-11/h1-8,15,17-19H,9-10H2. The van der Waals surface area contributed by atoms with Gasteiger partial charge in [-0.25, -0.2) is 0 Å². The molecular weight excluding hydrogens is 262 g/mol. The fraction of sp³-hybridized carbons (Fsp3) is 0.200. The van der Waals surface area contributed by atoms with Crippen molar-refractivity contribution >= 4 is 11.6 Å². The van der Waals surface area contributed by atoms with Gasteiger partial charge in [0.05, 0.1) is 6.10 Å². The average Bonchev–Trinajstić information content (AvgIpc) is 2.43. The lowest BCUT2D eigenvalue weighted by molar-refractivity contribution is 0.174. The zero-order valence-corrected chi connectivity index (χ0v) is 11.1. The van der Waals surface area contributed by atoms with Crippen molar-refractivity contribution in [2.45, 2.75) is 12.6 Å². The van der Waals surface area contributed by atoms with Crippen LogP contribution in [0.1, 0.15) is 17.2 Å². The number of aliphatic hydroxyl groups excluding tert-OH is 1. The van der Waals surface area contributed by atoms with E-state index in [1.165, 1.54) is 0 Å². The largest absolute Gasteiger partial charge is 0.508 e. The van der Waals surface area contributed by atoms with Crippen molar-refractivity contribution in [2.75, 3.05) is 6.54 Å². The topological polar surface area (TPSA) is 52.5 Å². The van der Waals surface area contributed by atoms with Crippen molar-refractivity contribution in [3.63, 3.8) is 0 Å². The van der Waals surface area contributed by atoms with Crippen LogP contribution in [0, 0.1) is 0 Å². The van der Waals surface area contributed by atoms with Crippen LogP contribution in [-0.4, -0.2) is 16.8 Å². The number of rotatable bonds is 5. The van der Waals surface area contributed by atoms with E-state index in [4.69, 9.17) is 11.6 Å². The SMILES string of the molecule is Oc1cccc(Cl)c1CNCC(O)c1ccccc1. The third-order valence-electron chi connectivity index (χ3n) is 2.92. The van der Waals surface area contributed by atoms with E-state index in [1.807, 2.05) is 30.3 Å². The van der Waals surface area contributed by atoms with Gasteiger partial charge < -0.3 is 15.5 Å². The van der Waals surface area contributed by atoms with E-state index >= 15 is 0 Å². The molecule has 0 aromatic heterocycles. The van der Waals surface area contributed by atoms with Crippen LogP contribution in [0.3, 0.4) is 0 Å². The number of phenolic OH excluding ortho intramolecular Hbond substituents is 1. The first kappa shape index (κ1) is 13.9. The zero-order valence-electron chi connectivity index (χ0n) is 10.4. The smallest absolute Gasteiger partial charge is 0.121 e. The lowest BCUT2D eigenvalue weighted by Gasteiger charge is -2.13. The van der Waals surface area contributed by atoms with E-state index in [0.29, 0.717) is 23.7 Å². The first-order chi connectivity index (χ1) is 9.18. The molecule has 0 saturated carbocycles.